The van der Waals surface area contributed by atoms with Gasteiger partial charge in [0.05, 0.1) is 9.40 Å². The summed E-state index contributed by atoms with van der Waals surface area (Å²) in [6.07, 6.45) is -2.78. The molecule has 1 N–H and O–H groups in total. The minimum absolute atomic E-state index is 0.169. The molecular formula is C7H4BrF2NO3. The average molecular weight is 268 g/mol. The molecule has 0 unspecified atom stereocenters. The number of benzene rings is 1. The molecule has 0 aliphatic heterocycles. The van der Waals surface area contributed by atoms with Crippen molar-refractivity contribution in [2.45, 2.75) is 6.43 Å². The Balaban J connectivity index is 3.32. The Morgan fingerprint density at radius 2 is 2.07 bits per heavy atom. The van der Waals surface area contributed by atoms with Crippen molar-refractivity contribution < 1.29 is 18.8 Å². The molecule has 4 nitrogen and oxygen atoms in total. The van der Waals surface area contributed by atoms with E-state index in [2.05, 4.69) is 15.9 Å². The molecule has 0 aliphatic carbocycles. The van der Waals surface area contributed by atoms with Gasteiger partial charge in [-0.3, -0.25) is 10.1 Å². The lowest BCUT2D eigenvalue weighted by atomic mass is 10.2. The summed E-state index contributed by atoms with van der Waals surface area (Å²) in [5.74, 6) is -0.778. The van der Waals surface area contributed by atoms with Crippen LogP contribution in [-0.2, 0) is 0 Å². The summed E-state index contributed by atoms with van der Waals surface area (Å²) in [7, 11) is 0. The van der Waals surface area contributed by atoms with Crippen molar-refractivity contribution in [1.82, 2.24) is 0 Å². The van der Waals surface area contributed by atoms with E-state index in [0.717, 1.165) is 6.07 Å². The first-order valence-corrected chi connectivity index (χ1v) is 4.17. The fourth-order valence-corrected chi connectivity index (χ4v) is 1.52. The highest BCUT2D eigenvalue weighted by atomic mass is 79.9. The van der Waals surface area contributed by atoms with Gasteiger partial charge in [-0.05, 0) is 28.1 Å². The van der Waals surface area contributed by atoms with Crippen LogP contribution in [0.1, 0.15) is 12.0 Å². The quantitative estimate of drug-likeness (QED) is 0.662. The Hall–Kier alpha value is -1.24. The lowest BCUT2D eigenvalue weighted by Crippen LogP contribution is -1.92. The monoisotopic (exact) mass is 267 g/mol. The Labute approximate surface area is 85.4 Å². The van der Waals surface area contributed by atoms with Crippen molar-refractivity contribution in [3.8, 4) is 5.75 Å². The molecule has 0 saturated heterocycles. The van der Waals surface area contributed by atoms with Crippen LogP contribution in [0, 0.1) is 10.1 Å². The first-order valence-electron chi connectivity index (χ1n) is 3.38. The molecule has 0 radical (unpaired) electrons. The van der Waals surface area contributed by atoms with E-state index < -0.39 is 28.3 Å². The highest BCUT2D eigenvalue weighted by Gasteiger charge is 2.21. The van der Waals surface area contributed by atoms with E-state index in [1.54, 1.807) is 0 Å². The van der Waals surface area contributed by atoms with Crippen molar-refractivity contribution in [2.24, 2.45) is 0 Å². The maximum Gasteiger partial charge on any atom is 0.324 e. The molecule has 1 rings (SSSR count). The summed E-state index contributed by atoms with van der Waals surface area (Å²) in [5, 5.41) is 19.4. The van der Waals surface area contributed by atoms with Crippen LogP contribution in [0.4, 0.5) is 14.5 Å². The maximum atomic E-state index is 12.2. The first-order chi connectivity index (χ1) is 6.43. The number of rotatable bonds is 2. The molecule has 7 heteroatoms. The van der Waals surface area contributed by atoms with Crippen LogP contribution < -0.4 is 0 Å². The summed E-state index contributed by atoms with van der Waals surface area (Å²) in [6, 6.07) is 1.58. The van der Waals surface area contributed by atoms with Gasteiger partial charge in [-0.15, -0.1) is 0 Å². The number of halogens is 3. The zero-order valence-corrected chi connectivity index (χ0v) is 8.16. The van der Waals surface area contributed by atoms with Crippen molar-refractivity contribution >= 4 is 21.6 Å². The van der Waals surface area contributed by atoms with Crippen molar-refractivity contribution in [1.29, 1.82) is 0 Å². The van der Waals surface area contributed by atoms with Crippen molar-refractivity contribution in [3.63, 3.8) is 0 Å². The van der Waals surface area contributed by atoms with Gasteiger partial charge >= 0.3 is 5.69 Å². The van der Waals surface area contributed by atoms with E-state index >= 15 is 0 Å². The standard InChI is InChI=1S/C7H4BrF2NO3/c8-4-1-3(7(9)10)2-5(12)6(4)11(13)14/h1-2,7,12H. The number of alkyl halides is 2. The minimum Gasteiger partial charge on any atom is -0.502 e. The smallest absolute Gasteiger partial charge is 0.324 e. The fraction of sp³-hybridized carbons (Fsp3) is 0.143. The molecule has 0 aliphatic rings. The topological polar surface area (TPSA) is 63.4 Å². The molecule has 0 fully saturated rings. The zero-order valence-electron chi connectivity index (χ0n) is 6.58. The third-order valence-corrected chi connectivity index (χ3v) is 2.10. The molecule has 0 bridgehead atoms. The van der Waals surface area contributed by atoms with Gasteiger partial charge in [0, 0.05) is 5.56 Å². The summed E-state index contributed by atoms with van der Waals surface area (Å²) >= 11 is 2.73. The SMILES string of the molecule is O=[N+]([O-])c1c(O)cc(C(F)F)cc1Br. The number of phenols is 1. The molecule has 14 heavy (non-hydrogen) atoms. The van der Waals surface area contributed by atoms with E-state index in [0.29, 0.717) is 6.07 Å². The number of nitrogens with zero attached hydrogens (tertiary/aromatic N) is 1. The number of nitro benzene ring substituents is 1. The summed E-state index contributed by atoms with van der Waals surface area (Å²) in [4.78, 5) is 9.50. The van der Waals surface area contributed by atoms with E-state index in [9.17, 15) is 18.9 Å². The van der Waals surface area contributed by atoms with Gasteiger partial charge in [0.25, 0.3) is 6.43 Å². The van der Waals surface area contributed by atoms with Crippen LogP contribution in [0.3, 0.4) is 0 Å². The largest absolute Gasteiger partial charge is 0.502 e. The van der Waals surface area contributed by atoms with Crippen LogP contribution in [0.5, 0.6) is 5.75 Å². The summed E-state index contributed by atoms with van der Waals surface area (Å²) in [6.45, 7) is 0. The third kappa shape index (κ3) is 1.98. The Bertz CT molecular complexity index is 360. The molecule has 1 aromatic rings. The van der Waals surface area contributed by atoms with E-state index in [1.807, 2.05) is 0 Å². The van der Waals surface area contributed by atoms with Gasteiger partial charge in [0.1, 0.15) is 0 Å². The number of hydrogen-bond acceptors (Lipinski definition) is 3. The van der Waals surface area contributed by atoms with Crippen LogP contribution in [-0.4, -0.2) is 10.0 Å². The third-order valence-electron chi connectivity index (χ3n) is 1.50. The predicted molar refractivity (Wildman–Crippen MR) is 47.4 cm³/mol. The van der Waals surface area contributed by atoms with Gasteiger partial charge in [0.15, 0.2) is 5.75 Å². The van der Waals surface area contributed by atoms with Crippen LogP contribution in [0.2, 0.25) is 0 Å². The van der Waals surface area contributed by atoms with Crippen molar-refractivity contribution in [2.75, 3.05) is 0 Å². The number of aromatic hydroxyl groups is 1. The predicted octanol–water partition coefficient (Wildman–Crippen LogP) is 3.00. The van der Waals surface area contributed by atoms with Crippen LogP contribution >= 0.6 is 15.9 Å². The highest BCUT2D eigenvalue weighted by Crippen LogP contribution is 2.37. The highest BCUT2D eigenvalue weighted by molar-refractivity contribution is 9.10. The Kier molecular flexibility index (Phi) is 3.00. The molecule has 0 atom stereocenters. The van der Waals surface area contributed by atoms with Crippen LogP contribution in [0.25, 0.3) is 0 Å². The molecule has 0 saturated carbocycles. The van der Waals surface area contributed by atoms with E-state index in [1.165, 1.54) is 0 Å². The maximum absolute atomic E-state index is 12.2. The normalized spacial score (nSPS) is 10.6. The second-order valence-electron chi connectivity index (χ2n) is 2.43. The summed E-state index contributed by atoms with van der Waals surface area (Å²) in [5.41, 5.74) is -1.09. The van der Waals surface area contributed by atoms with Crippen molar-refractivity contribution in [3.05, 3.63) is 32.3 Å². The van der Waals surface area contributed by atoms with Gasteiger partial charge in [-0.1, -0.05) is 0 Å². The molecule has 0 aromatic heterocycles. The minimum atomic E-state index is -2.78. The molecule has 76 valence electrons. The second kappa shape index (κ2) is 3.87. The number of hydrogen-bond donors (Lipinski definition) is 1. The lowest BCUT2D eigenvalue weighted by molar-refractivity contribution is -0.386. The molecule has 0 spiro atoms. The lowest BCUT2D eigenvalue weighted by Gasteiger charge is -2.03. The van der Waals surface area contributed by atoms with Gasteiger partial charge in [-0.25, -0.2) is 8.78 Å². The molecule has 1 aromatic carbocycles. The zero-order chi connectivity index (χ0) is 10.9. The van der Waals surface area contributed by atoms with E-state index in [-0.39, 0.29) is 4.47 Å². The molecule has 0 amide bonds. The van der Waals surface area contributed by atoms with Crippen LogP contribution in [0.15, 0.2) is 16.6 Å². The molecule has 0 heterocycles. The first kappa shape index (κ1) is 10.8. The molecular weight excluding hydrogens is 264 g/mol. The van der Waals surface area contributed by atoms with E-state index in [4.69, 9.17) is 5.11 Å². The Morgan fingerprint density at radius 1 is 1.50 bits per heavy atom. The number of phenolic OH excluding ortho intramolecular Hbond substituents is 1. The van der Waals surface area contributed by atoms with Gasteiger partial charge in [0.2, 0.25) is 0 Å². The van der Waals surface area contributed by atoms with Gasteiger partial charge < -0.3 is 5.11 Å². The summed E-state index contributed by atoms with van der Waals surface area (Å²) < 4.78 is 24.1. The second-order valence-corrected chi connectivity index (χ2v) is 3.28. The Morgan fingerprint density at radius 3 is 2.43 bits per heavy atom. The average Bonchev–Trinajstić information content (AvgIpc) is 2.01. The fourth-order valence-electron chi connectivity index (χ4n) is 0.912. The van der Waals surface area contributed by atoms with Gasteiger partial charge in [-0.2, -0.15) is 0 Å². The number of nitro groups is 1.